The van der Waals surface area contributed by atoms with E-state index >= 15 is 0 Å². The Labute approximate surface area is 144 Å². The quantitative estimate of drug-likeness (QED) is 0.883. The number of anilines is 2. The van der Waals surface area contributed by atoms with Crippen LogP contribution in [0.15, 0.2) is 30.3 Å². The van der Waals surface area contributed by atoms with Crippen molar-refractivity contribution < 1.29 is 0 Å². The summed E-state index contributed by atoms with van der Waals surface area (Å²) in [4.78, 5) is 2.52. The molecule has 0 spiro atoms. The molecule has 3 N–H and O–H groups in total. The van der Waals surface area contributed by atoms with Crippen LogP contribution in [0.2, 0.25) is 0 Å². The minimum atomic E-state index is 0.299. The van der Waals surface area contributed by atoms with E-state index in [0.717, 1.165) is 36.8 Å². The number of nitrogens with one attached hydrogen (secondary N) is 1. The van der Waals surface area contributed by atoms with Crippen molar-refractivity contribution in [3.63, 3.8) is 0 Å². The number of nitrogens with zero attached hydrogens (tertiary/aromatic N) is 3. The SMILES string of the molecule is Cc1nn(C(C)C)c(NC2CCCN(Cc3ccccc3)C2)c1N. The number of nitrogens with two attached hydrogens (primary N) is 1. The molecule has 1 fully saturated rings. The van der Waals surface area contributed by atoms with Crippen molar-refractivity contribution in [2.24, 2.45) is 0 Å². The highest BCUT2D eigenvalue weighted by molar-refractivity contribution is 5.65. The normalized spacial score (nSPS) is 18.9. The summed E-state index contributed by atoms with van der Waals surface area (Å²) in [5, 5.41) is 8.25. The Hall–Kier alpha value is -2.01. The predicted molar refractivity (Wildman–Crippen MR) is 100 cm³/mol. The Kier molecular flexibility index (Phi) is 5.09. The molecule has 1 aliphatic heterocycles. The van der Waals surface area contributed by atoms with Gasteiger partial charge in [0, 0.05) is 25.2 Å². The predicted octanol–water partition coefficient (Wildman–Crippen LogP) is 3.43. The van der Waals surface area contributed by atoms with Crippen LogP contribution in [0, 0.1) is 6.92 Å². The molecule has 1 saturated heterocycles. The van der Waals surface area contributed by atoms with Crippen LogP contribution in [0.1, 0.15) is 44.0 Å². The monoisotopic (exact) mass is 327 g/mol. The molecule has 24 heavy (non-hydrogen) atoms. The van der Waals surface area contributed by atoms with Crippen LogP contribution in [0.4, 0.5) is 11.5 Å². The van der Waals surface area contributed by atoms with Crippen LogP contribution in [-0.4, -0.2) is 33.8 Å². The van der Waals surface area contributed by atoms with Gasteiger partial charge in [-0.3, -0.25) is 4.90 Å². The molecular formula is C19H29N5. The molecule has 0 amide bonds. The van der Waals surface area contributed by atoms with Gasteiger partial charge in [-0.15, -0.1) is 0 Å². The first kappa shape index (κ1) is 16.8. The van der Waals surface area contributed by atoms with Gasteiger partial charge >= 0.3 is 0 Å². The molecule has 1 aliphatic rings. The second-order valence-electron chi connectivity index (χ2n) is 7.09. The molecule has 0 radical (unpaired) electrons. The van der Waals surface area contributed by atoms with Crippen molar-refractivity contribution in [2.75, 3.05) is 24.1 Å². The minimum Gasteiger partial charge on any atom is -0.394 e. The summed E-state index contributed by atoms with van der Waals surface area (Å²) in [6.45, 7) is 9.46. The van der Waals surface area contributed by atoms with Crippen molar-refractivity contribution in [1.29, 1.82) is 0 Å². The Morgan fingerprint density at radius 1 is 1.29 bits per heavy atom. The van der Waals surface area contributed by atoms with Gasteiger partial charge in [-0.2, -0.15) is 5.10 Å². The lowest BCUT2D eigenvalue weighted by molar-refractivity contribution is 0.208. The lowest BCUT2D eigenvalue weighted by Crippen LogP contribution is -2.42. The molecule has 1 unspecified atom stereocenters. The number of benzene rings is 1. The third-order valence-corrected chi connectivity index (χ3v) is 4.72. The number of aromatic nitrogens is 2. The number of likely N-dealkylation sites (tertiary alicyclic amines) is 1. The number of hydrogen-bond acceptors (Lipinski definition) is 4. The van der Waals surface area contributed by atoms with Gasteiger partial charge < -0.3 is 11.1 Å². The van der Waals surface area contributed by atoms with Gasteiger partial charge in [0.15, 0.2) is 0 Å². The molecular weight excluding hydrogens is 298 g/mol. The lowest BCUT2D eigenvalue weighted by Gasteiger charge is -2.34. The smallest absolute Gasteiger partial charge is 0.148 e. The van der Waals surface area contributed by atoms with E-state index in [-0.39, 0.29) is 0 Å². The fourth-order valence-corrected chi connectivity index (χ4v) is 3.43. The Morgan fingerprint density at radius 3 is 2.75 bits per heavy atom. The van der Waals surface area contributed by atoms with Gasteiger partial charge in [0.2, 0.25) is 0 Å². The zero-order chi connectivity index (χ0) is 17.1. The Balaban J connectivity index is 1.68. The first-order chi connectivity index (χ1) is 11.5. The molecule has 2 heterocycles. The second-order valence-corrected chi connectivity index (χ2v) is 7.09. The molecule has 2 aromatic rings. The fraction of sp³-hybridized carbons (Fsp3) is 0.526. The summed E-state index contributed by atoms with van der Waals surface area (Å²) in [6.07, 6.45) is 2.38. The first-order valence-electron chi connectivity index (χ1n) is 8.92. The highest BCUT2D eigenvalue weighted by Crippen LogP contribution is 2.27. The summed E-state index contributed by atoms with van der Waals surface area (Å²) in [5.41, 5.74) is 9.32. The van der Waals surface area contributed by atoms with E-state index < -0.39 is 0 Å². The number of rotatable bonds is 5. The van der Waals surface area contributed by atoms with Crippen LogP contribution in [0.3, 0.4) is 0 Å². The standard InChI is InChI=1S/C19H29N5/c1-14(2)24-19(18(20)15(3)22-24)21-17-10-7-11-23(13-17)12-16-8-5-4-6-9-16/h4-6,8-9,14,17,21H,7,10-13,20H2,1-3H3. The van der Waals surface area contributed by atoms with Crippen LogP contribution >= 0.6 is 0 Å². The van der Waals surface area contributed by atoms with Crippen molar-refractivity contribution in [3.8, 4) is 0 Å². The molecule has 0 saturated carbocycles. The topological polar surface area (TPSA) is 59.1 Å². The summed E-state index contributed by atoms with van der Waals surface area (Å²) >= 11 is 0. The number of hydrogen-bond donors (Lipinski definition) is 2. The lowest BCUT2D eigenvalue weighted by atomic mass is 10.0. The van der Waals surface area contributed by atoms with E-state index in [9.17, 15) is 0 Å². The Bertz CT molecular complexity index is 662. The van der Waals surface area contributed by atoms with Gasteiger partial charge in [-0.05, 0) is 45.7 Å². The first-order valence-corrected chi connectivity index (χ1v) is 8.92. The maximum Gasteiger partial charge on any atom is 0.148 e. The van der Waals surface area contributed by atoms with E-state index in [1.165, 1.54) is 18.4 Å². The van der Waals surface area contributed by atoms with Crippen LogP contribution in [-0.2, 0) is 6.54 Å². The largest absolute Gasteiger partial charge is 0.394 e. The van der Waals surface area contributed by atoms with Gasteiger partial charge in [-0.25, -0.2) is 4.68 Å². The second kappa shape index (κ2) is 7.26. The number of aryl methyl sites for hydroxylation is 1. The van der Waals surface area contributed by atoms with Gasteiger partial charge in [0.25, 0.3) is 0 Å². The average molecular weight is 327 g/mol. The molecule has 130 valence electrons. The summed E-state index contributed by atoms with van der Waals surface area (Å²) in [7, 11) is 0. The van der Waals surface area contributed by atoms with E-state index in [4.69, 9.17) is 5.73 Å². The molecule has 0 bridgehead atoms. The maximum absolute atomic E-state index is 6.26. The third-order valence-electron chi connectivity index (χ3n) is 4.72. The molecule has 3 rings (SSSR count). The summed E-state index contributed by atoms with van der Waals surface area (Å²) < 4.78 is 2.01. The van der Waals surface area contributed by atoms with E-state index in [2.05, 4.69) is 59.5 Å². The zero-order valence-electron chi connectivity index (χ0n) is 15.0. The molecule has 5 heteroatoms. The third kappa shape index (κ3) is 3.73. The van der Waals surface area contributed by atoms with Gasteiger partial charge in [0.1, 0.15) is 5.82 Å². The van der Waals surface area contributed by atoms with Crippen molar-refractivity contribution in [3.05, 3.63) is 41.6 Å². The number of piperidine rings is 1. The van der Waals surface area contributed by atoms with E-state index in [0.29, 0.717) is 12.1 Å². The van der Waals surface area contributed by atoms with Crippen molar-refractivity contribution in [2.45, 2.75) is 52.2 Å². The zero-order valence-corrected chi connectivity index (χ0v) is 15.0. The maximum atomic E-state index is 6.26. The highest BCUT2D eigenvalue weighted by atomic mass is 15.4. The minimum absolute atomic E-state index is 0.299. The van der Waals surface area contributed by atoms with Gasteiger partial charge in [-0.1, -0.05) is 30.3 Å². The summed E-state index contributed by atoms with van der Waals surface area (Å²) in [5.74, 6) is 0.981. The molecule has 5 nitrogen and oxygen atoms in total. The van der Waals surface area contributed by atoms with Crippen LogP contribution in [0.25, 0.3) is 0 Å². The van der Waals surface area contributed by atoms with Crippen molar-refractivity contribution in [1.82, 2.24) is 14.7 Å². The van der Waals surface area contributed by atoms with Crippen LogP contribution in [0.5, 0.6) is 0 Å². The van der Waals surface area contributed by atoms with Crippen LogP contribution < -0.4 is 11.1 Å². The van der Waals surface area contributed by atoms with E-state index in [1.807, 2.05) is 11.6 Å². The molecule has 1 atom stereocenters. The molecule has 0 aliphatic carbocycles. The highest BCUT2D eigenvalue weighted by Gasteiger charge is 2.23. The number of nitrogen functional groups attached to an aromatic ring is 1. The summed E-state index contributed by atoms with van der Waals surface area (Å²) in [6, 6.07) is 11.4. The average Bonchev–Trinajstić information content (AvgIpc) is 2.85. The molecule has 1 aromatic heterocycles. The Morgan fingerprint density at radius 2 is 2.04 bits per heavy atom. The molecule has 1 aromatic carbocycles. The fourth-order valence-electron chi connectivity index (χ4n) is 3.43. The van der Waals surface area contributed by atoms with Gasteiger partial charge in [0.05, 0.1) is 11.4 Å². The van der Waals surface area contributed by atoms with E-state index in [1.54, 1.807) is 0 Å². The van der Waals surface area contributed by atoms with Crippen molar-refractivity contribution >= 4 is 11.5 Å².